The number of hydrogen-bond acceptors (Lipinski definition) is 1. The molecular weight excluding hydrogens is 338 g/mol. The lowest BCUT2D eigenvalue weighted by Gasteiger charge is -2.05. The summed E-state index contributed by atoms with van der Waals surface area (Å²) in [6.45, 7) is 7.08. The molecule has 1 heteroatoms. The van der Waals surface area contributed by atoms with Crippen LogP contribution in [0.2, 0.25) is 0 Å². The van der Waals surface area contributed by atoms with Crippen LogP contribution in [-0.2, 0) is 0 Å². The summed E-state index contributed by atoms with van der Waals surface area (Å²) in [6.07, 6.45) is 33.3. The maximum Gasteiger partial charge on any atom is -0.00489 e. The van der Waals surface area contributed by atoms with Gasteiger partial charge in [0, 0.05) is 0 Å². The maximum atomic E-state index is 3.63. The Morgan fingerprint density at radius 2 is 0.500 bits per heavy atom. The van der Waals surface area contributed by atoms with Crippen LogP contribution in [0.1, 0.15) is 162 Å². The first-order chi connectivity index (χ1) is 13.9. The molecule has 0 bridgehead atoms. The van der Waals surface area contributed by atoms with Crippen molar-refractivity contribution in [3.05, 3.63) is 0 Å². The van der Waals surface area contributed by atoms with E-state index in [0.717, 1.165) is 0 Å². The molecule has 0 aromatic heterocycles. The Morgan fingerprint density at radius 1 is 0.286 bits per heavy atom. The van der Waals surface area contributed by atoms with Gasteiger partial charge < -0.3 is 5.32 Å². The van der Waals surface area contributed by atoms with Crippen LogP contribution in [-0.4, -0.2) is 13.1 Å². The molecule has 0 amide bonds. The Labute approximate surface area is 180 Å². The van der Waals surface area contributed by atoms with E-state index in [1.54, 1.807) is 0 Å². The Kier molecular flexibility index (Phi) is 26.9. The molecule has 0 heterocycles. The molecule has 0 radical (unpaired) electrons. The highest BCUT2D eigenvalue weighted by atomic mass is 14.8. The summed E-state index contributed by atoms with van der Waals surface area (Å²) >= 11 is 0. The molecule has 0 aromatic carbocycles. The smallest absolute Gasteiger partial charge is 0.00489 e. The molecule has 0 rings (SSSR count). The van der Waals surface area contributed by atoms with Crippen LogP contribution < -0.4 is 5.32 Å². The molecule has 0 unspecified atom stereocenters. The Morgan fingerprint density at radius 3 is 0.750 bits per heavy atom. The van der Waals surface area contributed by atoms with Crippen LogP contribution in [0.4, 0.5) is 0 Å². The molecule has 0 atom stereocenters. The first-order valence-corrected chi connectivity index (χ1v) is 13.6. The van der Waals surface area contributed by atoms with Crippen molar-refractivity contribution in [2.75, 3.05) is 13.1 Å². The Hall–Kier alpha value is -0.0400. The molecule has 0 aliphatic carbocycles. The van der Waals surface area contributed by atoms with Gasteiger partial charge in [-0.05, 0) is 25.9 Å². The van der Waals surface area contributed by atoms with Gasteiger partial charge in [0.25, 0.3) is 0 Å². The van der Waals surface area contributed by atoms with Crippen molar-refractivity contribution < 1.29 is 0 Å². The van der Waals surface area contributed by atoms with Crippen molar-refractivity contribution in [2.24, 2.45) is 0 Å². The molecule has 0 aliphatic rings. The lowest BCUT2D eigenvalue weighted by molar-refractivity contribution is 0.520. The van der Waals surface area contributed by atoms with Gasteiger partial charge in [-0.2, -0.15) is 0 Å². The van der Waals surface area contributed by atoms with Crippen molar-refractivity contribution in [1.82, 2.24) is 5.32 Å². The van der Waals surface area contributed by atoms with Crippen LogP contribution >= 0.6 is 0 Å². The van der Waals surface area contributed by atoms with E-state index >= 15 is 0 Å². The van der Waals surface area contributed by atoms with Crippen LogP contribution in [0.25, 0.3) is 0 Å². The van der Waals surface area contributed by atoms with Crippen LogP contribution in [0, 0.1) is 0 Å². The van der Waals surface area contributed by atoms with E-state index in [1.807, 2.05) is 0 Å². The summed E-state index contributed by atoms with van der Waals surface area (Å²) < 4.78 is 0. The minimum Gasteiger partial charge on any atom is -0.317 e. The van der Waals surface area contributed by atoms with Gasteiger partial charge in [0.1, 0.15) is 0 Å². The van der Waals surface area contributed by atoms with Crippen LogP contribution in [0.3, 0.4) is 0 Å². The molecular formula is C27H57N. The third-order valence-corrected chi connectivity index (χ3v) is 6.16. The fourth-order valence-electron chi connectivity index (χ4n) is 4.13. The molecule has 0 aromatic rings. The molecule has 0 saturated heterocycles. The van der Waals surface area contributed by atoms with E-state index in [-0.39, 0.29) is 0 Å². The van der Waals surface area contributed by atoms with Crippen molar-refractivity contribution >= 4 is 0 Å². The zero-order valence-corrected chi connectivity index (χ0v) is 20.2. The standard InChI is InChI=1S/C27H57N/c1-3-5-7-9-11-12-13-14-15-16-17-18-19-20-21-23-25-27-28-26-24-22-10-8-6-4-2/h28H,3-27H2,1-2H3. The van der Waals surface area contributed by atoms with E-state index in [4.69, 9.17) is 0 Å². The van der Waals surface area contributed by atoms with Gasteiger partial charge in [-0.15, -0.1) is 0 Å². The second kappa shape index (κ2) is 27.0. The van der Waals surface area contributed by atoms with Gasteiger partial charge >= 0.3 is 0 Å². The summed E-state index contributed by atoms with van der Waals surface area (Å²) in [7, 11) is 0. The minimum absolute atomic E-state index is 1.24. The number of hydrogen-bond donors (Lipinski definition) is 1. The van der Waals surface area contributed by atoms with Gasteiger partial charge in [0.2, 0.25) is 0 Å². The maximum absolute atomic E-state index is 3.63. The summed E-state index contributed by atoms with van der Waals surface area (Å²) in [5.41, 5.74) is 0. The zero-order chi connectivity index (χ0) is 20.4. The van der Waals surface area contributed by atoms with Crippen molar-refractivity contribution in [2.45, 2.75) is 162 Å². The monoisotopic (exact) mass is 395 g/mol. The van der Waals surface area contributed by atoms with Gasteiger partial charge in [0.05, 0.1) is 0 Å². The SMILES string of the molecule is CCCCCCCCCCCCCCCCCCCNCCCCCCCC. The first kappa shape index (κ1) is 28.0. The second-order valence-corrected chi connectivity index (χ2v) is 9.17. The first-order valence-electron chi connectivity index (χ1n) is 13.6. The highest BCUT2D eigenvalue weighted by Crippen LogP contribution is 2.14. The summed E-state index contributed by atoms with van der Waals surface area (Å²) in [6, 6.07) is 0. The van der Waals surface area contributed by atoms with Crippen LogP contribution in [0.5, 0.6) is 0 Å². The summed E-state index contributed by atoms with van der Waals surface area (Å²) in [5, 5.41) is 3.63. The normalized spacial score (nSPS) is 11.4. The number of nitrogens with one attached hydrogen (secondary N) is 1. The average molecular weight is 396 g/mol. The lowest BCUT2D eigenvalue weighted by Crippen LogP contribution is -2.16. The largest absolute Gasteiger partial charge is 0.317 e. The summed E-state index contributed by atoms with van der Waals surface area (Å²) in [5.74, 6) is 0. The summed E-state index contributed by atoms with van der Waals surface area (Å²) in [4.78, 5) is 0. The number of rotatable bonds is 25. The van der Waals surface area contributed by atoms with Gasteiger partial charge in [-0.1, -0.05) is 149 Å². The van der Waals surface area contributed by atoms with E-state index in [1.165, 1.54) is 161 Å². The number of unbranched alkanes of at least 4 members (excludes halogenated alkanes) is 21. The molecule has 0 aliphatic heterocycles. The van der Waals surface area contributed by atoms with Gasteiger partial charge in [0.15, 0.2) is 0 Å². The van der Waals surface area contributed by atoms with Gasteiger partial charge in [-0.3, -0.25) is 0 Å². The fourth-order valence-corrected chi connectivity index (χ4v) is 4.13. The quantitative estimate of drug-likeness (QED) is 0.152. The van der Waals surface area contributed by atoms with E-state index < -0.39 is 0 Å². The highest BCUT2D eigenvalue weighted by Gasteiger charge is 1.95. The average Bonchev–Trinajstić information content (AvgIpc) is 2.71. The molecule has 0 saturated carbocycles. The molecule has 0 spiro atoms. The minimum atomic E-state index is 1.24. The van der Waals surface area contributed by atoms with E-state index in [2.05, 4.69) is 19.2 Å². The lowest BCUT2D eigenvalue weighted by atomic mass is 10.0. The molecule has 1 N–H and O–H groups in total. The van der Waals surface area contributed by atoms with Gasteiger partial charge in [-0.25, -0.2) is 0 Å². The van der Waals surface area contributed by atoms with Crippen molar-refractivity contribution in [3.63, 3.8) is 0 Å². The zero-order valence-electron chi connectivity index (χ0n) is 20.2. The molecule has 0 fully saturated rings. The third kappa shape index (κ3) is 26.0. The van der Waals surface area contributed by atoms with E-state index in [9.17, 15) is 0 Å². The van der Waals surface area contributed by atoms with E-state index in [0.29, 0.717) is 0 Å². The highest BCUT2D eigenvalue weighted by molar-refractivity contribution is 4.53. The second-order valence-electron chi connectivity index (χ2n) is 9.17. The van der Waals surface area contributed by atoms with Crippen molar-refractivity contribution in [3.8, 4) is 0 Å². The molecule has 28 heavy (non-hydrogen) atoms. The third-order valence-electron chi connectivity index (χ3n) is 6.16. The van der Waals surface area contributed by atoms with Crippen LogP contribution in [0.15, 0.2) is 0 Å². The topological polar surface area (TPSA) is 12.0 Å². The molecule has 1 nitrogen and oxygen atoms in total. The fraction of sp³-hybridized carbons (Fsp3) is 1.00. The van der Waals surface area contributed by atoms with Crippen molar-refractivity contribution in [1.29, 1.82) is 0 Å². The predicted octanol–water partition coefficient (Wildman–Crippen LogP) is 9.59. The Balaban J connectivity index is 2.96. The predicted molar refractivity (Wildman–Crippen MR) is 130 cm³/mol. The Bertz CT molecular complexity index is 225. The molecule has 170 valence electrons.